The molecule has 3 aliphatic heterocycles. The Morgan fingerprint density at radius 1 is 1.05 bits per heavy atom. The van der Waals surface area contributed by atoms with Gasteiger partial charge in [-0.25, -0.2) is 0 Å². The lowest BCUT2D eigenvalue weighted by Crippen LogP contribution is -2.41. The molecule has 3 unspecified atom stereocenters. The Kier molecular flexibility index (Phi) is 11.6. The van der Waals surface area contributed by atoms with Gasteiger partial charge in [-0.1, -0.05) is 59.8 Å². The van der Waals surface area contributed by atoms with Crippen molar-refractivity contribution < 1.29 is 0 Å². The molecule has 0 saturated carbocycles. The molecule has 1 fully saturated rings. The molecule has 5 rings (SSSR count). The largest absolute Gasteiger partial charge is 0.314 e. The molecule has 3 atom stereocenters. The number of hydrogen-bond donors (Lipinski definition) is 1. The zero-order chi connectivity index (χ0) is 29.1. The summed E-state index contributed by atoms with van der Waals surface area (Å²) in [6.45, 7) is 16.5. The molecule has 40 heavy (non-hydrogen) atoms. The third-order valence-electron chi connectivity index (χ3n) is 7.58. The Bertz CT molecular complexity index is 1170. The fourth-order valence-corrected chi connectivity index (χ4v) is 4.63. The van der Waals surface area contributed by atoms with Crippen LogP contribution in [-0.2, 0) is 12.8 Å². The highest BCUT2D eigenvalue weighted by molar-refractivity contribution is 5.81. The predicted octanol–water partition coefficient (Wildman–Crippen LogP) is 7.27. The van der Waals surface area contributed by atoms with Gasteiger partial charge in [0.15, 0.2) is 0 Å². The van der Waals surface area contributed by atoms with Gasteiger partial charge >= 0.3 is 0 Å². The maximum atomic E-state index is 9.46. The summed E-state index contributed by atoms with van der Waals surface area (Å²) < 4.78 is 0. The second kappa shape index (κ2) is 14.9. The minimum Gasteiger partial charge on any atom is -0.314 e. The van der Waals surface area contributed by atoms with Crippen LogP contribution < -0.4 is 5.32 Å². The van der Waals surface area contributed by atoms with Gasteiger partial charge < -0.3 is 5.32 Å². The second-order valence-corrected chi connectivity index (χ2v) is 12.0. The molecule has 6 heteroatoms. The minimum atomic E-state index is -0.224. The summed E-state index contributed by atoms with van der Waals surface area (Å²) in [5.74, 6) is -0.224. The molecular weight excluding hydrogens is 492 g/mol. The number of hydrogen-bond acceptors (Lipinski definition) is 6. The van der Waals surface area contributed by atoms with Crippen molar-refractivity contribution in [2.24, 2.45) is 16.4 Å². The number of aryl methyl sites for hydroxylation is 3. The van der Waals surface area contributed by atoms with Crippen molar-refractivity contribution in [3.05, 3.63) is 77.0 Å². The zero-order valence-electron chi connectivity index (χ0n) is 25.6. The van der Waals surface area contributed by atoms with Crippen molar-refractivity contribution in [2.45, 2.75) is 99.1 Å². The van der Waals surface area contributed by atoms with Crippen molar-refractivity contribution in [2.75, 3.05) is 6.54 Å². The second-order valence-electron chi connectivity index (χ2n) is 12.0. The number of fused-ring (bicyclic) bond motifs is 1. The average molecular weight is 541 g/mol. The molecule has 2 aromatic heterocycles. The van der Waals surface area contributed by atoms with E-state index in [1.807, 2.05) is 30.4 Å². The number of nitrogens with zero attached hydrogens (tertiary/aromatic N) is 5. The fraction of sp³-hybridized carbons (Fsp3) is 0.529. The van der Waals surface area contributed by atoms with Crippen LogP contribution in [0.5, 0.6) is 0 Å². The monoisotopic (exact) mass is 540 g/mol. The van der Waals surface area contributed by atoms with E-state index < -0.39 is 0 Å². The number of hydrazone groups is 1. The molecule has 0 radical (unpaired) electrons. The third kappa shape index (κ3) is 9.13. The highest BCUT2D eigenvalue weighted by Gasteiger charge is 2.36. The number of pyridine rings is 2. The van der Waals surface area contributed by atoms with E-state index in [2.05, 4.69) is 98.5 Å². The van der Waals surface area contributed by atoms with Gasteiger partial charge in [-0.3, -0.25) is 15.0 Å². The molecule has 0 aromatic carbocycles. The van der Waals surface area contributed by atoms with E-state index in [1.165, 1.54) is 36.2 Å². The summed E-state index contributed by atoms with van der Waals surface area (Å²) in [4.78, 5) is 8.70. The highest BCUT2D eigenvalue weighted by atomic mass is 15.5. The quantitative estimate of drug-likeness (QED) is 0.417. The Morgan fingerprint density at radius 2 is 1.82 bits per heavy atom. The van der Waals surface area contributed by atoms with Crippen LogP contribution in [0.1, 0.15) is 89.7 Å². The van der Waals surface area contributed by atoms with Gasteiger partial charge in [-0.15, -0.1) is 0 Å². The van der Waals surface area contributed by atoms with E-state index in [4.69, 9.17) is 0 Å². The zero-order valence-corrected chi connectivity index (χ0v) is 25.6. The van der Waals surface area contributed by atoms with Crippen LogP contribution in [0.15, 0.2) is 59.6 Å². The van der Waals surface area contributed by atoms with Crippen LogP contribution in [0.25, 0.3) is 5.57 Å². The van der Waals surface area contributed by atoms with Crippen LogP contribution in [0.3, 0.4) is 0 Å². The van der Waals surface area contributed by atoms with Gasteiger partial charge in [-0.2, -0.15) is 10.4 Å². The van der Waals surface area contributed by atoms with E-state index in [0.29, 0.717) is 5.41 Å². The van der Waals surface area contributed by atoms with E-state index in [0.717, 1.165) is 48.6 Å². The fourth-order valence-electron chi connectivity index (χ4n) is 4.63. The van der Waals surface area contributed by atoms with Crippen molar-refractivity contribution >= 4 is 11.8 Å². The third-order valence-corrected chi connectivity index (χ3v) is 7.58. The topological polar surface area (TPSA) is 77.2 Å². The smallest absolute Gasteiger partial charge is 0.110 e. The normalized spacial score (nSPS) is 20.9. The van der Waals surface area contributed by atoms with Crippen LogP contribution in [-0.4, -0.2) is 39.8 Å². The Labute approximate surface area is 242 Å². The van der Waals surface area contributed by atoms with E-state index in [-0.39, 0.29) is 12.0 Å². The summed E-state index contributed by atoms with van der Waals surface area (Å²) in [5, 5.41) is 19.1. The summed E-state index contributed by atoms with van der Waals surface area (Å²) >= 11 is 0. The van der Waals surface area contributed by atoms with Crippen LogP contribution in [0.2, 0.25) is 0 Å². The minimum absolute atomic E-state index is 0.0436. The summed E-state index contributed by atoms with van der Waals surface area (Å²) in [6, 6.07) is 11.5. The molecule has 214 valence electrons. The van der Waals surface area contributed by atoms with Crippen LogP contribution >= 0.6 is 0 Å². The van der Waals surface area contributed by atoms with Gasteiger partial charge in [-0.05, 0) is 91.8 Å². The molecule has 1 N–H and O–H groups in total. The molecule has 0 amide bonds. The molecule has 0 aliphatic carbocycles. The molecule has 5 heterocycles. The molecule has 2 aromatic rings. The molecule has 3 aliphatic rings. The van der Waals surface area contributed by atoms with Gasteiger partial charge in [0.2, 0.25) is 0 Å². The number of aromatic nitrogens is 2. The highest BCUT2D eigenvalue weighted by Crippen LogP contribution is 2.37. The lowest BCUT2D eigenvalue weighted by molar-refractivity contribution is 0.344. The molecule has 6 nitrogen and oxygen atoms in total. The van der Waals surface area contributed by atoms with Crippen molar-refractivity contribution in [3.8, 4) is 6.07 Å². The number of rotatable bonds is 6. The first-order valence-corrected chi connectivity index (χ1v) is 14.9. The molecule has 1 saturated heterocycles. The number of allylic oxidation sites excluding steroid dienone is 2. The maximum absolute atomic E-state index is 9.46. The summed E-state index contributed by atoms with van der Waals surface area (Å²) in [6.07, 6.45) is 16.9. The van der Waals surface area contributed by atoms with Gasteiger partial charge in [0.1, 0.15) is 5.92 Å². The van der Waals surface area contributed by atoms with E-state index >= 15 is 0 Å². The lowest BCUT2D eigenvalue weighted by atomic mass is 9.84. The van der Waals surface area contributed by atoms with E-state index in [1.54, 1.807) is 6.21 Å². The van der Waals surface area contributed by atoms with Crippen LogP contribution in [0.4, 0.5) is 0 Å². The Hall–Kier alpha value is -3.30. The van der Waals surface area contributed by atoms with Gasteiger partial charge in [0, 0.05) is 42.2 Å². The molecule has 0 bridgehead atoms. The molecular formula is C34H48N6. The van der Waals surface area contributed by atoms with Crippen LogP contribution in [0, 0.1) is 29.6 Å². The average Bonchev–Trinajstić information content (AvgIpc) is 3.35. The number of nitrogens with one attached hydrogen (secondary N) is 1. The molecule has 0 spiro atoms. The summed E-state index contributed by atoms with van der Waals surface area (Å²) in [5.41, 5.74) is 7.25. The number of nitriles is 1. The van der Waals surface area contributed by atoms with Gasteiger partial charge in [0.25, 0.3) is 0 Å². The van der Waals surface area contributed by atoms with Gasteiger partial charge in [0.05, 0.1) is 12.1 Å². The predicted molar refractivity (Wildman–Crippen MR) is 167 cm³/mol. The SMILES string of the molecule is CCC1CCN1.CCc1ccc(CC)nc1.Cc1ccc(C2=CC(CCC(C)(C)C)=CN3N=CC(C#N)C23)cn1. The Balaban J connectivity index is 0.000000224. The van der Waals surface area contributed by atoms with Crippen molar-refractivity contribution in [1.29, 1.82) is 5.26 Å². The first-order chi connectivity index (χ1) is 19.2. The van der Waals surface area contributed by atoms with E-state index in [9.17, 15) is 5.26 Å². The van der Waals surface area contributed by atoms with Crippen molar-refractivity contribution in [3.63, 3.8) is 0 Å². The maximum Gasteiger partial charge on any atom is 0.110 e. The van der Waals surface area contributed by atoms with Crippen molar-refractivity contribution in [1.82, 2.24) is 20.3 Å². The first kappa shape index (κ1) is 31.2. The first-order valence-electron chi connectivity index (χ1n) is 14.9. The summed E-state index contributed by atoms with van der Waals surface area (Å²) in [7, 11) is 0. The standard InChI is InChI=1S/C20H24N4.C9H13N.C5H11N/c1-14-5-6-16(11-22-14)18-9-15(7-8-20(2,3)4)13-24-19(18)17(10-21)12-23-24;1-3-8-5-6-9(4-2)10-7-8;1-2-5-3-4-6-5/h5-6,9,11-13,17,19H,7-8H2,1-4H3;5-7H,3-4H2,1-2H3;5-6H,2-4H2,1H3. The Morgan fingerprint density at radius 3 is 2.30 bits per heavy atom. The lowest BCUT2D eigenvalue weighted by Gasteiger charge is -2.30.